The smallest absolute Gasteiger partial charge is 0.267 e. The van der Waals surface area contributed by atoms with Crippen LogP contribution in [0.2, 0.25) is 0 Å². The van der Waals surface area contributed by atoms with Crippen LogP contribution >= 0.6 is 22.7 Å². The van der Waals surface area contributed by atoms with Gasteiger partial charge in [0, 0.05) is 10.9 Å². The molecule has 3 aromatic rings. The van der Waals surface area contributed by atoms with E-state index in [1.807, 2.05) is 5.38 Å². The second-order valence-corrected chi connectivity index (χ2v) is 5.90. The van der Waals surface area contributed by atoms with Crippen LogP contribution in [0.1, 0.15) is 9.67 Å². The lowest BCUT2D eigenvalue weighted by Crippen LogP contribution is -2.09. The molecule has 1 amide bonds. The van der Waals surface area contributed by atoms with Crippen LogP contribution in [0.15, 0.2) is 41.1 Å². The van der Waals surface area contributed by atoms with Gasteiger partial charge in [-0.3, -0.25) is 10.1 Å². The van der Waals surface area contributed by atoms with Crippen LogP contribution in [0.5, 0.6) is 0 Å². The highest BCUT2D eigenvalue weighted by molar-refractivity contribution is 7.14. The Balaban J connectivity index is 1.80. The van der Waals surface area contributed by atoms with Gasteiger partial charge in [0.1, 0.15) is 0 Å². The number of nitrogens with zero attached hydrogens (tertiary/aromatic N) is 1. The molecule has 7 heteroatoms. The molecule has 0 spiro atoms. The molecule has 0 aliphatic carbocycles. The van der Waals surface area contributed by atoms with Crippen LogP contribution in [0.25, 0.3) is 11.3 Å². The zero-order valence-electron chi connectivity index (χ0n) is 10.5. The van der Waals surface area contributed by atoms with Crippen LogP contribution in [0.4, 0.5) is 13.9 Å². The minimum atomic E-state index is -0.926. The molecule has 0 unspecified atom stereocenters. The average molecular weight is 322 g/mol. The first-order valence-electron chi connectivity index (χ1n) is 5.89. The molecule has 2 aromatic heterocycles. The fourth-order valence-corrected chi connectivity index (χ4v) is 3.02. The quantitative estimate of drug-likeness (QED) is 0.776. The van der Waals surface area contributed by atoms with E-state index in [4.69, 9.17) is 0 Å². The van der Waals surface area contributed by atoms with Crippen molar-refractivity contribution in [1.29, 1.82) is 0 Å². The molecule has 106 valence electrons. The Morgan fingerprint density at radius 1 is 1.14 bits per heavy atom. The van der Waals surface area contributed by atoms with Crippen molar-refractivity contribution in [2.45, 2.75) is 0 Å². The molecule has 1 aromatic carbocycles. The molecule has 2 heterocycles. The van der Waals surface area contributed by atoms with E-state index in [9.17, 15) is 13.6 Å². The summed E-state index contributed by atoms with van der Waals surface area (Å²) in [5, 5.41) is 6.57. The number of anilines is 1. The Morgan fingerprint density at radius 3 is 2.71 bits per heavy atom. The monoisotopic (exact) mass is 322 g/mol. The normalized spacial score (nSPS) is 10.6. The van der Waals surface area contributed by atoms with Crippen molar-refractivity contribution in [3.05, 3.63) is 57.6 Å². The molecule has 1 N–H and O–H groups in total. The van der Waals surface area contributed by atoms with Gasteiger partial charge in [0.2, 0.25) is 0 Å². The van der Waals surface area contributed by atoms with Crippen LogP contribution in [0.3, 0.4) is 0 Å². The Bertz CT molecular complexity index is 784. The second kappa shape index (κ2) is 5.71. The van der Waals surface area contributed by atoms with Gasteiger partial charge in [-0.25, -0.2) is 13.8 Å². The molecule has 3 rings (SSSR count). The van der Waals surface area contributed by atoms with Crippen molar-refractivity contribution >= 4 is 33.7 Å². The minimum Gasteiger partial charge on any atom is -0.297 e. The topological polar surface area (TPSA) is 42.0 Å². The maximum Gasteiger partial charge on any atom is 0.267 e. The third-order valence-corrected chi connectivity index (χ3v) is 4.31. The first-order valence-corrected chi connectivity index (χ1v) is 7.65. The third kappa shape index (κ3) is 2.98. The molecule has 3 nitrogen and oxygen atoms in total. The second-order valence-electron chi connectivity index (χ2n) is 4.10. The van der Waals surface area contributed by atoms with Crippen LogP contribution in [0, 0.1) is 11.6 Å². The number of rotatable bonds is 3. The lowest BCUT2D eigenvalue weighted by molar-refractivity contribution is 0.103. The Kier molecular flexibility index (Phi) is 3.76. The average Bonchev–Trinajstić information content (AvgIpc) is 3.12. The van der Waals surface area contributed by atoms with E-state index in [2.05, 4.69) is 10.3 Å². The van der Waals surface area contributed by atoms with Crippen molar-refractivity contribution in [2.24, 2.45) is 0 Å². The van der Waals surface area contributed by atoms with E-state index in [0.717, 1.165) is 12.1 Å². The van der Waals surface area contributed by atoms with E-state index in [-0.39, 0.29) is 5.91 Å². The molecular formula is C14H8F2N2OS2. The van der Waals surface area contributed by atoms with Gasteiger partial charge in [0.15, 0.2) is 16.8 Å². The van der Waals surface area contributed by atoms with Gasteiger partial charge in [-0.15, -0.1) is 22.7 Å². The molecule has 21 heavy (non-hydrogen) atoms. The number of halogens is 2. The van der Waals surface area contributed by atoms with Gasteiger partial charge in [-0.2, -0.15) is 0 Å². The molecular weight excluding hydrogens is 314 g/mol. The van der Waals surface area contributed by atoms with E-state index < -0.39 is 11.6 Å². The maximum atomic E-state index is 13.2. The molecule has 0 radical (unpaired) electrons. The zero-order chi connectivity index (χ0) is 14.8. The van der Waals surface area contributed by atoms with Crippen LogP contribution < -0.4 is 5.32 Å². The molecule has 0 aliphatic heterocycles. The van der Waals surface area contributed by atoms with Crippen molar-refractivity contribution in [3.63, 3.8) is 0 Å². The summed E-state index contributed by atoms with van der Waals surface area (Å²) < 4.78 is 26.1. The van der Waals surface area contributed by atoms with Crippen LogP contribution in [-0.2, 0) is 0 Å². The fourth-order valence-electron chi connectivity index (χ4n) is 1.69. The number of amides is 1. The van der Waals surface area contributed by atoms with Gasteiger partial charge >= 0.3 is 0 Å². The number of hydrogen-bond donors (Lipinski definition) is 1. The van der Waals surface area contributed by atoms with Gasteiger partial charge in [-0.1, -0.05) is 6.07 Å². The highest BCUT2D eigenvalue weighted by atomic mass is 32.1. The number of carbonyl (C=O) groups excluding carboxylic acids is 1. The lowest BCUT2D eigenvalue weighted by Gasteiger charge is -1.99. The number of nitrogens with one attached hydrogen (secondary N) is 1. The maximum absolute atomic E-state index is 13.2. The number of benzene rings is 1. The third-order valence-electron chi connectivity index (χ3n) is 2.68. The van der Waals surface area contributed by atoms with Gasteiger partial charge in [-0.05, 0) is 29.6 Å². The predicted octanol–water partition coefficient (Wildman–Crippen LogP) is 4.40. The predicted molar refractivity (Wildman–Crippen MR) is 79.7 cm³/mol. The first-order chi connectivity index (χ1) is 10.1. The van der Waals surface area contributed by atoms with E-state index in [0.29, 0.717) is 21.3 Å². The van der Waals surface area contributed by atoms with E-state index in [1.54, 1.807) is 17.5 Å². The Labute approximate surface area is 126 Å². The van der Waals surface area contributed by atoms with E-state index >= 15 is 0 Å². The summed E-state index contributed by atoms with van der Waals surface area (Å²) in [6.45, 7) is 0. The molecule has 0 saturated carbocycles. The summed E-state index contributed by atoms with van der Waals surface area (Å²) in [5.74, 6) is -2.07. The molecule has 0 bridgehead atoms. The summed E-state index contributed by atoms with van der Waals surface area (Å²) in [6, 6.07) is 7.07. The summed E-state index contributed by atoms with van der Waals surface area (Å²) in [6.07, 6.45) is 0. The van der Waals surface area contributed by atoms with Crippen molar-refractivity contribution < 1.29 is 13.6 Å². The van der Waals surface area contributed by atoms with Crippen molar-refractivity contribution in [1.82, 2.24) is 4.98 Å². The number of thiazole rings is 1. The molecule has 0 atom stereocenters. The Morgan fingerprint density at radius 2 is 2.00 bits per heavy atom. The van der Waals surface area contributed by atoms with Crippen molar-refractivity contribution in [3.8, 4) is 11.3 Å². The summed E-state index contributed by atoms with van der Waals surface area (Å²) in [5.41, 5.74) is 0.946. The van der Waals surface area contributed by atoms with Gasteiger partial charge in [0.25, 0.3) is 5.91 Å². The molecule has 0 aliphatic rings. The van der Waals surface area contributed by atoms with E-state index in [1.165, 1.54) is 28.7 Å². The highest BCUT2D eigenvalue weighted by Crippen LogP contribution is 2.26. The zero-order valence-corrected chi connectivity index (χ0v) is 12.1. The Hall–Kier alpha value is -2.12. The first kappa shape index (κ1) is 13.8. The summed E-state index contributed by atoms with van der Waals surface area (Å²) in [4.78, 5) is 16.7. The number of aromatic nitrogens is 1. The minimum absolute atomic E-state index is 0.240. The molecule has 0 saturated heterocycles. The standard InChI is InChI=1S/C14H8F2N2OS2/c15-9-4-3-8(6-10(9)16)11-7-21-14(17-11)18-13(19)12-2-1-5-20-12/h1-7H,(H,17,18,19). The molecule has 0 fully saturated rings. The number of hydrogen-bond acceptors (Lipinski definition) is 4. The van der Waals surface area contributed by atoms with Gasteiger partial charge < -0.3 is 0 Å². The fraction of sp³-hybridized carbons (Fsp3) is 0. The largest absolute Gasteiger partial charge is 0.297 e. The lowest BCUT2D eigenvalue weighted by atomic mass is 10.2. The summed E-state index contributed by atoms with van der Waals surface area (Å²) in [7, 11) is 0. The number of carbonyl (C=O) groups is 1. The highest BCUT2D eigenvalue weighted by Gasteiger charge is 2.11. The SMILES string of the molecule is O=C(Nc1nc(-c2ccc(F)c(F)c2)cs1)c1cccs1. The summed E-state index contributed by atoms with van der Waals surface area (Å²) >= 11 is 2.56. The van der Waals surface area contributed by atoms with Crippen molar-refractivity contribution in [2.75, 3.05) is 5.32 Å². The van der Waals surface area contributed by atoms with Crippen LogP contribution in [-0.4, -0.2) is 10.9 Å². The number of thiophene rings is 1. The van der Waals surface area contributed by atoms with Gasteiger partial charge in [0.05, 0.1) is 10.6 Å².